The first-order chi connectivity index (χ1) is 8.17. The lowest BCUT2D eigenvalue weighted by molar-refractivity contribution is 0.0948. The minimum absolute atomic E-state index is 0.159. The van der Waals surface area contributed by atoms with E-state index in [-0.39, 0.29) is 11.5 Å². The lowest BCUT2D eigenvalue weighted by Gasteiger charge is -2.17. The number of hydrogen-bond donors (Lipinski definition) is 2. The third-order valence-corrected chi connectivity index (χ3v) is 2.65. The Morgan fingerprint density at radius 3 is 2.59 bits per heavy atom. The van der Waals surface area contributed by atoms with Gasteiger partial charge in [-0.2, -0.15) is 0 Å². The molecule has 1 amide bonds. The van der Waals surface area contributed by atoms with E-state index in [1.165, 1.54) is 18.3 Å². The molecule has 1 aromatic heterocycles. The standard InChI is InChI=1S/C12H19N3O2/c1-3-15(4-2)8-7-13-12(17)10-5-6-11(16)14-9-10/h5-6,9H,3-4,7-8H2,1-2H3,(H,13,17)(H,14,16). The smallest absolute Gasteiger partial charge is 0.252 e. The van der Waals surface area contributed by atoms with Crippen molar-refractivity contribution in [2.45, 2.75) is 13.8 Å². The fourth-order valence-corrected chi connectivity index (χ4v) is 1.52. The summed E-state index contributed by atoms with van der Waals surface area (Å²) in [5, 5.41) is 2.81. The molecule has 1 rings (SSSR count). The Morgan fingerprint density at radius 2 is 2.06 bits per heavy atom. The van der Waals surface area contributed by atoms with Crippen molar-refractivity contribution in [1.82, 2.24) is 15.2 Å². The topological polar surface area (TPSA) is 65.2 Å². The van der Waals surface area contributed by atoms with Crippen LogP contribution in [0.4, 0.5) is 0 Å². The predicted octanol–water partition coefficient (Wildman–Crippen LogP) is 0.447. The lowest BCUT2D eigenvalue weighted by atomic mass is 10.2. The van der Waals surface area contributed by atoms with Crippen molar-refractivity contribution in [3.8, 4) is 0 Å². The number of hydrogen-bond acceptors (Lipinski definition) is 3. The minimum Gasteiger partial charge on any atom is -0.351 e. The van der Waals surface area contributed by atoms with Crippen LogP contribution in [0.5, 0.6) is 0 Å². The number of aromatic nitrogens is 1. The van der Waals surface area contributed by atoms with Gasteiger partial charge in [0.1, 0.15) is 0 Å². The van der Waals surface area contributed by atoms with E-state index in [1.807, 2.05) is 0 Å². The molecule has 0 aliphatic carbocycles. The Balaban J connectivity index is 2.39. The summed E-state index contributed by atoms with van der Waals surface area (Å²) in [4.78, 5) is 27.2. The van der Waals surface area contributed by atoms with Gasteiger partial charge in [-0.05, 0) is 19.2 Å². The molecule has 17 heavy (non-hydrogen) atoms. The molecule has 0 saturated heterocycles. The summed E-state index contributed by atoms with van der Waals surface area (Å²) in [6.07, 6.45) is 1.43. The minimum atomic E-state index is -0.204. The van der Waals surface area contributed by atoms with Crippen LogP contribution in [0.25, 0.3) is 0 Å². The Morgan fingerprint density at radius 1 is 1.35 bits per heavy atom. The quantitative estimate of drug-likeness (QED) is 0.755. The van der Waals surface area contributed by atoms with Crippen molar-refractivity contribution >= 4 is 5.91 Å². The van der Waals surface area contributed by atoms with E-state index in [1.54, 1.807) is 0 Å². The summed E-state index contributed by atoms with van der Waals surface area (Å²) in [5.41, 5.74) is 0.272. The van der Waals surface area contributed by atoms with E-state index in [0.717, 1.165) is 19.6 Å². The van der Waals surface area contributed by atoms with Gasteiger partial charge >= 0.3 is 0 Å². The molecule has 5 nitrogen and oxygen atoms in total. The van der Waals surface area contributed by atoms with E-state index >= 15 is 0 Å². The largest absolute Gasteiger partial charge is 0.351 e. The third-order valence-electron chi connectivity index (χ3n) is 2.65. The van der Waals surface area contributed by atoms with Gasteiger partial charge in [0, 0.05) is 25.4 Å². The Bertz CT molecular complexity index is 390. The average Bonchev–Trinajstić information content (AvgIpc) is 2.35. The summed E-state index contributed by atoms with van der Waals surface area (Å²) in [6.45, 7) is 7.58. The number of likely N-dealkylation sites (N-methyl/N-ethyl adjacent to an activating group) is 1. The van der Waals surface area contributed by atoms with E-state index in [4.69, 9.17) is 0 Å². The molecule has 0 radical (unpaired) electrons. The molecule has 0 atom stereocenters. The molecule has 1 heterocycles. The zero-order valence-electron chi connectivity index (χ0n) is 10.3. The zero-order chi connectivity index (χ0) is 12.7. The maximum Gasteiger partial charge on any atom is 0.252 e. The van der Waals surface area contributed by atoms with Crippen LogP contribution in [0.2, 0.25) is 0 Å². The lowest BCUT2D eigenvalue weighted by Crippen LogP contribution is -2.34. The number of nitrogens with zero attached hydrogens (tertiary/aromatic N) is 1. The van der Waals surface area contributed by atoms with E-state index in [2.05, 4.69) is 29.0 Å². The van der Waals surface area contributed by atoms with Gasteiger partial charge in [0.05, 0.1) is 5.56 Å². The molecule has 0 spiro atoms. The number of rotatable bonds is 6. The van der Waals surface area contributed by atoms with Gasteiger partial charge < -0.3 is 15.2 Å². The first-order valence-corrected chi connectivity index (χ1v) is 5.86. The van der Waals surface area contributed by atoms with Crippen molar-refractivity contribution in [3.63, 3.8) is 0 Å². The fraction of sp³-hybridized carbons (Fsp3) is 0.500. The molecule has 94 valence electrons. The zero-order valence-corrected chi connectivity index (χ0v) is 10.3. The van der Waals surface area contributed by atoms with Crippen LogP contribution in [-0.2, 0) is 0 Å². The fourth-order valence-electron chi connectivity index (χ4n) is 1.52. The van der Waals surface area contributed by atoms with Gasteiger partial charge in [0.15, 0.2) is 0 Å². The number of carbonyl (C=O) groups is 1. The first kappa shape index (κ1) is 13.4. The van der Waals surface area contributed by atoms with E-state index in [0.29, 0.717) is 12.1 Å². The van der Waals surface area contributed by atoms with Crippen molar-refractivity contribution in [2.24, 2.45) is 0 Å². The SMILES string of the molecule is CCN(CC)CCNC(=O)c1ccc(=O)[nH]c1. The third kappa shape index (κ3) is 4.40. The summed E-state index contributed by atoms with van der Waals surface area (Å²) >= 11 is 0. The van der Waals surface area contributed by atoms with Gasteiger partial charge in [-0.1, -0.05) is 13.8 Å². The molecule has 0 fully saturated rings. The van der Waals surface area contributed by atoms with Gasteiger partial charge in [-0.25, -0.2) is 0 Å². The van der Waals surface area contributed by atoms with Crippen LogP contribution in [0, 0.1) is 0 Å². The van der Waals surface area contributed by atoms with Crippen LogP contribution in [0.1, 0.15) is 24.2 Å². The highest BCUT2D eigenvalue weighted by atomic mass is 16.1. The second-order valence-electron chi connectivity index (χ2n) is 3.72. The molecule has 0 bridgehead atoms. The number of nitrogens with one attached hydrogen (secondary N) is 2. The number of aromatic amines is 1. The van der Waals surface area contributed by atoms with Crippen molar-refractivity contribution in [3.05, 3.63) is 34.2 Å². The normalized spacial score (nSPS) is 10.5. The summed E-state index contributed by atoms with van der Waals surface area (Å²) in [5.74, 6) is -0.159. The van der Waals surface area contributed by atoms with Gasteiger partial charge in [-0.15, -0.1) is 0 Å². The van der Waals surface area contributed by atoms with Crippen LogP contribution in [0.3, 0.4) is 0 Å². The monoisotopic (exact) mass is 237 g/mol. The molecular weight excluding hydrogens is 218 g/mol. The number of pyridine rings is 1. The van der Waals surface area contributed by atoms with Crippen molar-refractivity contribution in [1.29, 1.82) is 0 Å². The Hall–Kier alpha value is -1.62. The average molecular weight is 237 g/mol. The molecule has 0 aromatic carbocycles. The molecule has 0 unspecified atom stereocenters. The van der Waals surface area contributed by atoms with Crippen LogP contribution in [-0.4, -0.2) is 42.0 Å². The molecule has 1 aromatic rings. The first-order valence-electron chi connectivity index (χ1n) is 5.86. The highest BCUT2D eigenvalue weighted by Crippen LogP contribution is 1.92. The van der Waals surface area contributed by atoms with Gasteiger partial charge in [0.2, 0.25) is 5.56 Å². The number of amides is 1. The Labute approximate surface area is 101 Å². The highest BCUT2D eigenvalue weighted by Gasteiger charge is 2.05. The second kappa shape index (κ2) is 6.85. The maximum atomic E-state index is 11.7. The highest BCUT2D eigenvalue weighted by molar-refractivity contribution is 5.93. The summed E-state index contributed by atoms with van der Waals surface area (Å²) < 4.78 is 0. The Kier molecular flexibility index (Phi) is 5.42. The van der Waals surface area contributed by atoms with Crippen LogP contribution in [0.15, 0.2) is 23.1 Å². The summed E-state index contributed by atoms with van der Waals surface area (Å²) in [6, 6.07) is 2.87. The predicted molar refractivity (Wildman–Crippen MR) is 67.2 cm³/mol. The van der Waals surface area contributed by atoms with Crippen LogP contribution < -0.4 is 10.9 Å². The molecule has 5 heteroatoms. The molecular formula is C12H19N3O2. The second-order valence-corrected chi connectivity index (χ2v) is 3.72. The number of carbonyl (C=O) groups excluding carboxylic acids is 1. The number of H-pyrrole nitrogens is 1. The van der Waals surface area contributed by atoms with Crippen molar-refractivity contribution in [2.75, 3.05) is 26.2 Å². The molecule has 0 aliphatic heterocycles. The van der Waals surface area contributed by atoms with E-state index < -0.39 is 0 Å². The molecule has 0 aliphatic rings. The van der Waals surface area contributed by atoms with Crippen molar-refractivity contribution < 1.29 is 4.79 Å². The summed E-state index contributed by atoms with van der Waals surface area (Å²) in [7, 11) is 0. The van der Waals surface area contributed by atoms with E-state index in [9.17, 15) is 9.59 Å². The molecule has 2 N–H and O–H groups in total. The van der Waals surface area contributed by atoms with Gasteiger partial charge in [0.25, 0.3) is 5.91 Å². The van der Waals surface area contributed by atoms with Gasteiger partial charge in [-0.3, -0.25) is 9.59 Å². The van der Waals surface area contributed by atoms with Crippen LogP contribution >= 0.6 is 0 Å². The maximum absolute atomic E-state index is 11.7. The molecule has 0 saturated carbocycles.